The summed E-state index contributed by atoms with van der Waals surface area (Å²) in [7, 11) is 0. The number of rotatable bonds is 3. The number of hydrogen-bond acceptors (Lipinski definition) is 3. The van der Waals surface area contributed by atoms with E-state index in [2.05, 4.69) is 26.2 Å². The number of aromatic nitrogens is 1. The molecule has 4 nitrogen and oxygen atoms in total. The summed E-state index contributed by atoms with van der Waals surface area (Å²) in [5.74, 6) is 0. The molecule has 0 spiro atoms. The quantitative estimate of drug-likeness (QED) is 0.899. The molecule has 0 aliphatic carbocycles. The van der Waals surface area contributed by atoms with E-state index in [-0.39, 0.29) is 0 Å². The van der Waals surface area contributed by atoms with E-state index in [1.54, 1.807) is 6.92 Å². The standard InChI is InChI=1S/C12H11BrN2O2S/c1-7-11(15-12(16)17)18-10(14-7)6-8-2-4-9(13)5-3-8/h2-5,15H,6H2,1H3,(H,16,17). The number of thiazole rings is 1. The molecule has 0 aliphatic heterocycles. The van der Waals surface area contributed by atoms with Crippen molar-refractivity contribution in [2.24, 2.45) is 0 Å². The molecule has 2 N–H and O–H groups in total. The Labute approximate surface area is 117 Å². The minimum Gasteiger partial charge on any atom is -0.465 e. The van der Waals surface area contributed by atoms with Gasteiger partial charge in [-0.25, -0.2) is 9.78 Å². The summed E-state index contributed by atoms with van der Waals surface area (Å²) in [6.45, 7) is 1.80. The van der Waals surface area contributed by atoms with E-state index in [0.717, 1.165) is 20.7 Å². The topological polar surface area (TPSA) is 62.2 Å². The third kappa shape index (κ3) is 3.30. The first-order valence-corrected chi connectivity index (χ1v) is 6.86. The summed E-state index contributed by atoms with van der Waals surface area (Å²) in [5.41, 5.74) is 1.86. The zero-order chi connectivity index (χ0) is 13.1. The Kier molecular flexibility index (Phi) is 3.98. The molecule has 0 saturated heterocycles. The lowest BCUT2D eigenvalue weighted by molar-refractivity contribution is 0.210. The first-order valence-electron chi connectivity index (χ1n) is 5.25. The average Bonchev–Trinajstić information content (AvgIpc) is 2.62. The highest BCUT2D eigenvalue weighted by atomic mass is 79.9. The third-order valence-electron chi connectivity index (χ3n) is 2.33. The molecule has 0 atom stereocenters. The summed E-state index contributed by atoms with van der Waals surface area (Å²) in [5, 5.41) is 12.5. The van der Waals surface area contributed by atoms with Crippen molar-refractivity contribution in [3.63, 3.8) is 0 Å². The molecule has 1 aromatic heterocycles. The molecule has 1 heterocycles. The minimum absolute atomic E-state index is 0.592. The van der Waals surface area contributed by atoms with Crippen molar-refractivity contribution in [3.8, 4) is 0 Å². The monoisotopic (exact) mass is 326 g/mol. The molecule has 0 radical (unpaired) electrons. The molecule has 6 heteroatoms. The van der Waals surface area contributed by atoms with Gasteiger partial charge in [-0.15, -0.1) is 11.3 Å². The molecule has 2 rings (SSSR count). The van der Waals surface area contributed by atoms with Crippen molar-refractivity contribution in [2.75, 3.05) is 5.32 Å². The zero-order valence-electron chi connectivity index (χ0n) is 9.61. The van der Waals surface area contributed by atoms with Gasteiger partial charge < -0.3 is 5.11 Å². The molecule has 0 fully saturated rings. The molecule has 18 heavy (non-hydrogen) atoms. The van der Waals surface area contributed by atoms with Gasteiger partial charge in [0.05, 0.1) is 10.7 Å². The highest BCUT2D eigenvalue weighted by Crippen LogP contribution is 2.26. The predicted octanol–water partition coefficient (Wildman–Crippen LogP) is 3.89. The van der Waals surface area contributed by atoms with E-state index < -0.39 is 6.09 Å². The number of carboxylic acid groups (broad SMARTS) is 1. The van der Waals surface area contributed by atoms with Gasteiger partial charge in [0, 0.05) is 10.9 Å². The van der Waals surface area contributed by atoms with Crippen LogP contribution in [0.1, 0.15) is 16.3 Å². The number of nitrogens with zero attached hydrogens (tertiary/aromatic N) is 1. The summed E-state index contributed by atoms with van der Waals surface area (Å²) in [6.07, 6.45) is -0.350. The fourth-order valence-corrected chi connectivity index (χ4v) is 2.77. The minimum atomic E-state index is -1.06. The Bertz CT molecular complexity index is 566. The Morgan fingerprint density at radius 1 is 1.44 bits per heavy atom. The lowest BCUT2D eigenvalue weighted by atomic mass is 10.2. The van der Waals surface area contributed by atoms with Gasteiger partial charge in [0.2, 0.25) is 0 Å². The number of halogens is 1. The van der Waals surface area contributed by atoms with Crippen molar-refractivity contribution in [1.82, 2.24) is 4.98 Å². The Balaban J connectivity index is 2.14. The first-order chi connectivity index (χ1) is 8.54. The molecule has 0 unspecified atom stereocenters. The van der Waals surface area contributed by atoms with E-state index in [9.17, 15) is 4.79 Å². The van der Waals surface area contributed by atoms with Crippen molar-refractivity contribution in [3.05, 3.63) is 45.0 Å². The molecule has 94 valence electrons. The lowest BCUT2D eigenvalue weighted by Crippen LogP contribution is -2.06. The van der Waals surface area contributed by atoms with Gasteiger partial charge in [-0.05, 0) is 24.6 Å². The van der Waals surface area contributed by atoms with Crippen LogP contribution in [0.3, 0.4) is 0 Å². The molecule has 1 aromatic carbocycles. The zero-order valence-corrected chi connectivity index (χ0v) is 12.0. The number of anilines is 1. The van der Waals surface area contributed by atoms with E-state index in [1.165, 1.54) is 11.3 Å². The maximum absolute atomic E-state index is 10.6. The van der Waals surface area contributed by atoms with Crippen molar-refractivity contribution >= 4 is 38.4 Å². The van der Waals surface area contributed by atoms with Crippen molar-refractivity contribution in [2.45, 2.75) is 13.3 Å². The highest BCUT2D eigenvalue weighted by Gasteiger charge is 2.10. The molecule has 0 aliphatic rings. The van der Waals surface area contributed by atoms with Gasteiger partial charge in [-0.2, -0.15) is 0 Å². The maximum Gasteiger partial charge on any atom is 0.409 e. The van der Waals surface area contributed by atoms with Gasteiger partial charge in [0.15, 0.2) is 0 Å². The van der Waals surface area contributed by atoms with Gasteiger partial charge in [-0.3, -0.25) is 5.32 Å². The Hall–Kier alpha value is -1.40. The van der Waals surface area contributed by atoms with Crippen LogP contribution in [0.25, 0.3) is 0 Å². The largest absolute Gasteiger partial charge is 0.465 e. The molecule has 0 bridgehead atoms. The number of hydrogen-bond donors (Lipinski definition) is 2. The van der Waals surface area contributed by atoms with Crippen molar-refractivity contribution in [1.29, 1.82) is 0 Å². The average molecular weight is 327 g/mol. The van der Waals surface area contributed by atoms with Gasteiger partial charge in [0.25, 0.3) is 0 Å². The maximum atomic E-state index is 10.6. The summed E-state index contributed by atoms with van der Waals surface area (Å²) < 4.78 is 1.04. The molecular formula is C12H11BrN2O2S. The fraction of sp³-hybridized carbons (Fsp3) is 0.167. The van der Waals surface area contributed by atoms with Gasteiger partial charge in [-0.1, -0.05) is 28.1 Å². The van der Waals surface area contributed by atoms with Crippen LogP contribution in [0.4, 0.5) is 9.80 Å². The summed E-state index contributed by atoms with van der Waals surface area (Å²) >= 11 is 4.76. The number of benzene rings is 1. The van der Waals surface area contributed by atoms with Crippen LogP contribution in [0.5, 0.6) is 0 Å². The lowest BCUT2D eigenvalue weighted by Gasteiger charge is -1.97. The third-order valence-corrected chi connectivity index (χ3v) is 3.93. The second kappa shape index (κ2) is 5.49. The van der Waals surface area contributed by atoms with Crippen LogP contribution in [0, 0.1) is 6.92 Å². The van der Waals surface area contributed by atoms with Crippen LogP contribution < -0.4 is 5.32 Å². The van der Waals surface area contributed by atoms with Gasteiger partial charge in [0.1, 0.15) is 5.00 Å². The Morgan fingerprint density at radius 2 is 2.11 bits per heavy atom. The predicted molar refractivity (Wildman–Crippen MR) is 75.4 cm³/mol. The van der Waals surface area contributed by atoms with E-state index in [0.29, 0.717) is 11.4 Å². The molecule has 1 amide bonds. The van der Waals surface area contributed by atoms with Crippen LogP contribution in [-0.4, -0.2) is 16.2 Å². The number of aryl methyl sites for hydroxylation is 1. The second-order valence-electron chi connectivity index (χ2n) is 3.76. The highest BCUT2D eigenvalue weighted by molar-refractivity contribution is 9.10. The smallest absolute Gasteiger partial charge is 0.409 e. The Morgan fingerprint density at radius 3 is 2.72 bits per heavy atom. The number of amides is 1. The fourth-order valence-electron chi connectivity index (χ4n) is 1.52. The van der Waals surface area contributed by atoms with Gasteiger partial charge >= 0.3 is 6.09 Å². The van der Waals surface area contributed by atoms with E-state index >= 15 is 0 Å². The van der Waals surface area contributed by atoms with Crippen LogP contribution >= 0.6 is 27.3 Å². The number of nitrogens with one attached hydrogen (secondary N) is 1. The first kappa shape index (κ1) is 13.0. The van der Waals surface area contributed by atoms with E-state index in [1.807, 2.05) is 24.3 Å². The summed E-state index contributed by atoms with van der Waals surface area (Å²) in [6, 6.07) is 7.99. The van der Waals surface area contributed by atoms with Crippen LogP contribution in [-0.2, 0) is 6.42 Å². The van der Waals surface area contributed by atoms with Crippen LogP contribution in [0.2, 0.25) is 0 Å². The SMILES string of the molecule is Cc1nc(Cc2ccc(Br)cc2)sc1NC(=O)O. The van der Waals surface area contributed by atoms with E-state index in [4.69, 9.17) is 5.11 Å². The molecule has 0 saturated carbocycles. The number of carbonyl (C=O) groups is 1. The molecule has 2 aromatic rings. The normalized spacial score (nSPS) is 10.3. The summed E-state index contributed by atoms with van der Waals surface area (Å²) in [4.78, 5) is 15.0. The van der Waals surface area contributed by atoms with Crippen molar-refractivity contribution < 1.29 is 9.90 Å². The molecular weight excluding hydrogens is 316 g/mol. The second-order valence-corrected chi connectivity index (χ2v) is 5.75. The van der Waals surface area contributed by atoms with Crippen LogP contribution in [0.15, 0.2) is 28.7 Å².